The lowest BCUT2D eigenvalue weighted by molar-refractivity contribution is -0.206. The lowest BCUT2D eigenvalue weighted by Crippen LogP contribution is -2.32. The molecule has 7 heteroatoms. The molecule has 0 fully saturated rings. The molecule has 0 bridgehead atoms. The minimum absolute atomic E-state index is 0.224. The maximum atomic E-state index is 11.9. The summed E-state index contributed by atoms with van der Waals surface area (Å²) in [6.45, 7) is 4.28. The number of carbonyl (C=O) groups excluding carboxylic acids is 1. The first kappa shape index (κ1) is 26.2. The fourth-order valence-corrected chi connectivity index (χ4v) is 2.84. The van der Waals surface area contributed by atoms with Gasteiger partial charge >= 0.3 is 12.1 Å². The van der Waals surface area contributed by atoms with Gasteiger partial charge in [-0.1, -0.05) is 77.6 Å². The quantitative estimate of drug-likeness (QED) is 0.218. The molecule has 0 saturated heterocycles. The van der Waals surface area contributed by atoms with Gasteiger partial charge in [-0.15, -0.1) is 0 Å². The molecule has 162 valence electrons. The van der Waals surface area contributed by atoms with Crippen LogP contribution in [-0.2, 0) is 9.63 Å². The second kappa shape index (κ2) is 18.5. The van der Waals surface area contributed by atoms with Crippen molar-refractivity contribution in [2.24, 2.45) is 0 Å². The second-order valence-corrected chi connectivity index (χ2v) is 7.13. The molecule has 0 aromatic carbocycles. The van der Waals surface area contributed by atoms with Gasteiger partial charge in [0, 0.05) is 6.54 Å². The molecule has 27 heavy (non-hydrogen) atoms. The first-order valence-corrected chi connectivity index (χ1v) is 10.7. The minimum atomic E-state index is -4.94. The van der Waals surface area contributed by atoms with Gasteiger partial charge in [0.15, 0.2) is 0 Å². The molecule has 0 heterocycles. The maximum Gasteiger partial charge on any atom is 0.492 e. The Labute approximate surface area is 162 Å². The van der Waals surface area contributed by atoms with Crippen LogP contribution in [0.4, 0.5) is 13.2 Å². The van der Waals surface area contributed by atoms with E-state index in [1.54, 1.807) is 0 Å². The predicted molar refractivity (Wildman–Crippen MR) is 103 cm³/mol. The molecule has 0 spiro atoms. The standard InChI is InChI=1S/C20H39F3N2O2/c1-2-3-4-5-6-7-8-9-10-11-12-13-16-24-17-14-15-18-25-27-19(26)20(21,22)23/h24-25H,2-18H2,1H3. The molecule has 0 atom stereocenters. The van der Waals surface area contributed by atoms with Crippen molar-refractivity contribution >= 4 is 5.97 Å². The van der Waals surface area contributed by atoms with Crippen molar-refractivity contribution < 1.29 is 22.8 Å². The Kier molecular flexibility index (Phi) is 18.0. The maximum absolute atomic E-state index is 11.9. The van der Waals surface area contributed by atoms with Gasteiger partial charge in [-0.2, -0.15) is 18.7 Å². The molecule has 0 aliphatic heterocycles. The Balaban J connectivity index is 3.10. The van der Waals surface area contributed by atoms with Crippen LogP contribution in [-0.4, -0.2) is 31.8 Å². The van der Waals surface area contributed by atoms with Crippen LogP contribution in [0.2, 0.25) is 0 Å². The van der Waals surface area contributed by atoms with Gasteiger partial charge in [0.25, 0.3) is 0 Å². The average molecular weight is 397 g/mol. The topological polar surface area (TPSA) is 50.4 Å². The van der Waals surface area contributed by atoms with Crippen LogP contribution in [0.3, 0.4) is 0 Å². The lowest BCUT2D eigenvalue weighted by Gasteiger charge is -2.08. The van der Waals surface area contributed by atoms with E-state index in [0.717, 1.165) is 19.5 Å². The van der Waals surface area contributed by atoms with Crippen LogP contribution >= 0.6 is 0 Å². The van der Waals surface area contributed by atoms with Gasteiger partial charge in [0.05, 0.1) is 0 Å². The van der Waals surface area contributed by atoms with Gasteiger partial charge < -0.3 is 10.2 Å². The van der Waals surface area contributed by atoms with E-state index >= 15 is 0 Å². The highest BCUT2D eigenvalue weighted by Gasteiger charge is 2.41. The number of carbonyl (C=O) groups is 1. The summed E-state index contributed by atoms with van der Waals surface area (Å²) in [5.41, 5.74) is 2.05. The van der Waals surface area contributed by atoms with E-state index in [4.69, 9.17) is 0 Å². The van der Waals surface area contributed by atoms with Crippen molar-refractivity contribution in [1.82, 2.24) is 10.8 Å². The van der Waals surface area contributed by atoms with Gasteiger partial charge in [0.2, 0.25) is 0 Å². The van der Waals surface area contributed by atoms with E-state index < -0.39 is 12.1 Å². The number of rotatable bonds is 19. The van der Waals surface area contributed by atoms with Crippen molar-refractivity contribution in [3.8, 4) is 0 Å². The summed E-state index contributed by atoms with van der Waals surface area (Å²) in [5, 5.41) is 3.33. The van der Waals surface area contributed by atoms with E-state index in [1.807, 2.05) is 5.48 Å². The normalized spacial score (nSPS) is 11.7. The molecule has 0 aromatic heterocycles. The third-order valence-corrected chi connectivity index (χ3v) is 4.49. The van der Waals surface area contributed by atoms with Crippen LogP contribution in [0.15, 0.2) is 0 Å². The van der Waals surface area contributed by atoms with Crippen LogP contribution in [0, 0.1) is 0 Å². The third-order valence-electron chi connectivity index (χ3n) is 4.49. The zero-order chi connectivity index (χ0) is 20.2. The lowest BCUT2D eigenvalue weighted by atomic mass is 10.1. The number of unbranched alkanes of at least 4 members (excludes halogenated alkanes) is 12. The minimum Gasteiger partial charge on any atom is -0.364 e. The van der Waals surface area contributed by atoms with Gasteiger partial charge in [-0.25, -0.2) is 4.79 Å². The summed E-state index contributed by atoms with van der Waals surface area (Å²) in [6, 6.07) is 0. The molecule has 0 unspecified atom stereocenters. The Bertz CT molecular complexity index is 340. The number of hydrogen-bond donors (Lipinski definition) is 2. The Morgan fingerprint density at radius 2 is 1.11 bits per heavy atom. The average Bonchev–Trinajstić information content (AvgIpc) is 2.62. The molecule has 0 amide bonds. The summed E-state index contributed by atoms with van der Waals surface area (Å²) in [7, 11) is 0. The summed E-state index contributed by atoms with van der Waals surface area (Å²) >= 11 is 0. The zero-order valence-electron chi connectivity index (χ0n) is 17.0. The molecular weight excluding hydrogens is 357 g/mol. The zero-order valence-corrected chi connectivity index (χ0v) is 17.0. The van der Waals surface area contributed by atoms with Crippen molar-refractivity contribution in [3.05, 3.63) is 0 Å². The molecule has 4 nitrogen and oxygen atoms in total. The Hall–Kier alpha value is -0.820. The van der Waals surface area contributed by atoms with E-state index in [9.17, 15) is 18.0 Å². The number of halogens is 3. The monoisotopic (exact) mass is 396 g/mol. The van der Waals surface area contributed by atoms with Gasteiger partial charge in [0.1, 0.15) is 0 Å². The predicted octanol–water partition coefficient (Wildman–Crippen LogP) is 5.67. The molecule has 0 aliphatic carbocycles. The van der Waals surface area contributed by atoms with E-state index in [-0.39, 0.29) is 6.54 Å². The summed E-state index contributed by atoms with van der Waals surface area (Å²) in [5.74, 6) is -2.20. The molecule has 0 rings (SSSR count). The van der Waals surface area contributed by atoms with Crippen LogP contribution in [0.25, 0.3) is 0 Å². The molecule has 0 aliphatic rings. The van der Waals surface area contributed by atoms with Crippen LogP contribution < -0.4 is 10.8 Å². The van der Waals surface area contributed by atoms with Gasteiger partial charge in [-0.3, -0.25) is 0 Å². The van der Waals surface area contributed by atoms with E-state index in [1.165, 1.54) is 77.0 Å². The highest BCUT2D eigenvalue weighted by atomic mass is 19.4. The molecule has 0 saturated carbocycles. The first-order valence-electron chi connectivity index (χ1n) is 10.7. The molecular formula is C20H39F3N2O2. The first-order chi connectivity index (χ1) is 13.0. The van der Waals surface area contributed by atoms with E-state index in [0.29, 0.717) is 6.42 Å². The number of alkyl halides is 3. The SMILES string of the molecule is CCCCCCCCCCCCCCNCCCCNOC(=O)C(F)(F)F. The van der Waals surface area contributed by atoms with Gasteiger partial charge in [-0.05, 0) is 32.4 Å². The van der Waals surface area contributed by atoms with Crippen LogP contribution in [0.5, 0.6) is 0 Å². The van der Waals surface area contributed by atoms with Crippen molar-refractivity contribution in [1.29, 1.82) is 0 Å². The largest absolute Gasteiger partial charge is 0.492 e. The van der Waals surface area contributed by atoms with Crippen molar-refractivity contribution in [2.75, 3.05) is 19.6 Å². The third kappa shape index (κ3) is 19.7. The Morgan fingerprint density at radius 1 is 0.704 bits per heavy atom. The summed E-state index contributed by atoms with van der Waals surface area (Å²) in [6.07, 6.45) is 12.6. The molecule has 0 aromatic rings. The molecule has 0 radical (unpaired) electrons. The fourth-order valence-electron chi connectivity index (χ4n) is 2.84. The highest BCUT2D eigenvalue weighted by molar-refractivity contribution is 5.75. The number of hydroxylamine groups is 1. The smallest absolute Gasteiger partial charge is 0.364 e. The highest BCUT2D eigenvalue weighted by Crippen LogP contribution is 2.15. The second-order valence-electron chi connectivity index (χ2n) is 7.13. The number of hydrogen-bond acceptors (Lipinski definition) is 4. The van der Waals surface area contributed by atoms with E-state index in [2.05, 4.69) is 17.1 Å². The molecule has 2 N–H and O–H groups in total. The summed E-state index contributed by atoms with van der Waals surface area (Å²) in [4.78, 5) is 14.3. The fraction of sp³-hybridized carbons (Fsp3) is 0.950. The Morgan fingerprint density at radius 3 is 1.59 bits per heavy atom. The summed E-state index contributed by atoms with van der Waals surface area (Å²) < 4.78 is 35.6. The van der Waals surface area contributed by atoms with Crippen molar-refractivity contribution in [3.63, 3.8) is 0 Å². The number of nitrogens with one attached hydrogen (secondary N) is 2. The van der Waals surface area contributed by atoms with Crippen molar-refractivity contribution in [2.45, 2.75) is 103 Å². The van der Waals surface area contributed by atoms with Crippen LogP contribution in [0.1, 0.15) is 96.8 Å².